The number of nitrogens with one attached hydrogen (secondary N) is 1. The maximum absolute atomic E-state index is 14.2. The van der Waals surface area contributed by atoms with Crippen molar-refractivity contribution in [3.05, 3.63) is 87.4 Å². The lowest BCUT2D eigenvalue weighted by Gasteiger charge is -2.33. The summed E-state index contributed by atoms with van der Waals surface area (Å²) >= 11 is 19.0. The third-order valence-electron chi connectivity index (χ3n) is 7.37. The van der Waals surface area contributed by atoms with E-state index < -0.39 is 28.5 Å². The first-order chi connectivity index (χ1) is 20.5. The minimum Gasteiger partial charge on any atom is -0.492 e. The smallest absolute Gasteiger partial charge is 0.264 e. The van der Waals surface area contributed by atoms with Crippen molar-refractivity contribution < 1.29 is 22.7 Å². The van der Waals surface area contributed by atoms with Crippen molar-refractivity contribution in [1.82, 2.24) is 10.2 Å². The summed E-state index contributed by atoms with van der Waals surface area (Å²) < 4.78 is 34.9. The van der Waals surface area contributed by atoms with Gasteiger partial charge in [-0.15, -0.1) is 0 Å². The maximum atomic E-state index is 14.2. The van der Waals surface area contributed by atoms with E-state index in [1.54, 1.807) is 56.3 Å². The number of anilines is 1. The summed E-state index contributed by atoms with van der Waals surface area (Å²) in [4.78, 5) is 28.9. The molecule has 1 fully saturated rings. The molecule has 3 aromatic rings. The summed E-state index contributed by atoms with van der Waals surface area (Å²) in [7, 11) is -4.30. The molecule has 0 spiro atoms. The summed E-state index contributed by atoms with van der Waals surface area (Å²) in [6.45, 7) is 2.92. The van der Waals surface area contributed by atoms with Gasteiger partial charge in [0.25, 0.3) is 10.0 Å². The number of benzene rings is 3. The molecule has 1 aliphatic carbocycles. The van der Waals surface area contributed by atoms with Crippen molar-refractivity contribution in [2.45, 2.75) is 63.1 Å². The Morgan fingerprint density at radius 3 is 2.21 bits per heavy atom. The molecule has 0 aliphatic heterocycles. The Morgan fingerprint density at radius 2 is 1.58 bits per heavy atom. The van der Waals surface area contributed by atoms with Crippen LogP contribution < -0.4 is 14.4 Å². The molecule has 1 saturated carbocycles. The number of nitrogens with zero attached hydrogens (tertiary/aromatic N) is 2. The van der Waals surface area contributed by atoms with Crippen LogP contribution in [0.25, 0.3) is 0 Å². The molecule has 1 atom stereocenters. The number of rotatable bonds is 12. The maximum Gasteiger partial charge on any atom is 0.264 e. The molecule has 12 heteroatoms. The topological polar surface area (TPSA) is 96.0 Å². The standard InChI is InChI=1S/C31H34Cl3N3O5S/c1-3-42-29-14-7-6-13-28(29)37(43(40,41)24-17-15-22(32)16-18-24)20-30(38)36(19-25-26(33)11-8-12-27(25)34)21(2)31(39)35-23-9-4-5-10-23/h6-8,11-18,21,23H,3-5,9-10,19-20H2,1-2H3,(H,35,39)/t21-/m1/s1. The van der Waals surface area contributed by atoms with Crippen LogP contribution in [0.15, 0.2) is 71.6 Å². The fraction of sp³-hybridized carbons (Fsp3) is 0.355. The van der Waals surface area contributed by atoms with Gasteiger partial charge in [-0.05, 0) is 75.2 Å². The molecule has 4 rings (SSSR count). The van der Waals surface area contributed by atoms with E-state index in [9.17, 15) is 18.0 Å². The molecule has 0 heterocycles. The summed E-state index contributed by atoms with van der Waals surface area (Å²) in [5.74, 6) is -0.692. The zero-order chi connectivity index (χ0) is 31.1. The van der Waals surface area contributed by atoms with Crippen molar-refractivity contribution in [2.24, 2.45) is 0 Å². The van der Waals surface area contributed by atoms with E-state index in [-0.39, 0.29) is 41.4 Å². The van der Waals surface area contributed by atoms with Gasteiger partial charge in [0.1, 0.15) is 18.3 Å². The average Bonchev–Trinajstić information content (AvgIpc) is 3.49. The first-order valence-electron chi connectivity index (χ1n) is 14.1. The normalized spacial score (nSPS) is 14.3. The Bertz CT molecular complexity index is 1530. The molecule has 8 nitrogen and oxygen atoms in total. The second kappa shape index (κ2) is 14.7. The lowest BCUT2D eigenvalue weighted by Crippen LogP contribution is -2.52. The molecule has 0 bridgehead atoms. The highest BCUT2D eigenvalue weighted by molar-refractivity contribution is 7.92. The number of amides is 2. The van der Waals surface area contributed by atoms with Gasteiger partial charge < -0.3 is 15.0 Å². The third kappa shape index (κ3) is 7.95. The van der Waals surface area contributed by atoms with Gasteiger partial charge >= 0.3 is 0 Å². The molecule has 0 unspecified atom stereocenters. The highest BCUT2D eigenvalue weighted by atomic mass is 35.5. The number of carbonyl (C=O) groups excluding carboxylic acids is 2. The Hall–Kier alpha value is -2.98. The molecule has 0 saturated heterocycles. The first-order valence-corrected chi connectivity index (χ1v) is 16.6. The number of carbonyl (C=O) groups is 2. The van der Waals surface area contributed by atoms with Gasteiger partial charge in [-0.2, -0.15) is 0 Å². The van der Waals surface area contributed by atoms with Crippen LogP contribution in [0.2, 0.25) is 15.1 Å². The van der Waals surface area contributed by atoms with Gasteiger partial charge in [0.2, 0.25) is 11.8 Å². The van der Waals surface area contributed by atoms with E-state index in [0.717, 1.165) is 30.0 Å². The Labute approximate surface area is 267 Å². The van der Waals surface area contributed by atoms with Crippen LogP contribution in [-0.4, -0.2) is 50.4 Å². The Morgan fingerprint density at radius 1 is 0.953 bits per heavy atom. The minimum atomic E-state index is -4.30. The molecule has 3 aromatic carbocycles. The second-order valence-electron chi connectivity index (χ2n) is 10.3. The predicted octanol–water partition coefficient (Wildman–Crippen LogP) is 6.72. The molecule has 1 aliphatic rings. The monoisotopic (exact) mass is 665 g/mol. The van der Waals surface area contributed by atoms with Gasteiger partial charge in [-0.3, -0.25) is 13.9 Å². The number of sulfonamides is 1. The van der Waals surface area contributed by atoms with E-state index in [2.05, 4.69) is 5.32 Å². The fourth-order valence-electron chi connectivity index (χ4n) is 5.02. The molecule has 1 N–H and O–H groups in total. The van der Waals surface area contributed by atoms with Crippen molar-refractivity contribution >= 4 is 62.3 Å². The lowest BCUT2D eigenvalue weighted by atomic mass is 10.1. The SMILES string of the molecule is CCOc1ccccc1N(CC(=O)N(Cc1c(Cl)cccc1Cl)[C@H](C)C(=O)NC1CCCC1)S(=O)(=O)c1ccc(Cl)cc1. The van der Waals surface area contributed by atoms with Crippen LogP contribution in [0.3, 0.4) is 0 Å². The van der Waals surface area contributed by atoms with E-state index in [1.165, 1.54) is 29.2 Å². The highest BCUT2D eigenvalue weighted by Gasteiger charge is 2.35. The fourth-order valence-corrected chi connectivity index (χ4v) is 7.08. The van der Waals surface area contributed by atoms with Gasteiger partial charge in [0.15, 0.2) is 0 Å². The van der Waals surface area contributed by atoms with E-state index >= 15 is 0 Å². The summed E-state index contributed by atoms with van der Waals surface area (Å²) in [5, 5.41) is 4.04. The van der Waals surface area contributed by atoms with Crippen LogP contribution in [0.1, 0.15) is 45.1 Å². The Kier molecular flexibility index (Phi) is 11.2. The molecular formula is C31H34Cl3N3O5S. The van der Waals surface area contributed by atoms with Crippen LogP contribution >= 0.6 is 34.8 Å². The number of halogens is 3. The summed E-state index contributed by atoms with van der Waals surface area (Å²) in [6, 6.07) is 16.3. The van der Waals surface area contributed by atoms with Crippen molar-refractivity contribution in [1.29, 1.82) is 0 Å². The highest BCUT2D eigenvalue weighted by Crippen LogP contribution is 2.34. The van der Waals surface area contributed by atoms with Crippen molar-refractivity contribution in [3.8, 4) is 5.75 Å². The number of ether oxygens (including phenoxy) is 1. The molecular weight excluding hydrogens is 633 g/mol. The largest absolute Gasteiger partial charge is 0.492 e. The van der Waals surface area contributed by atoms with Crippen LogP contribution in [-0.2, 0) is 26.2 Å². The number of hydrogen-bond donors (Lipinski definition) is 1. The Balaban J connectivity index is 1.75. The summed E-state index contributed by atoms with van der Waals surface area (Å²) in [5.41, 5.74) is 0.618. The lowest BCUT2D eigenvalue weighted by molar-refractivity contribution is -0.139. The number of para-hydroxylation sites is 2. The average molecular weight is 667 g/mol. The van der Waals surface area contributed by atoms with Gasteiger partial charge in [0.05, 0.1) is 17.2 Å². The van der Waals surface area contributed by atoms with Gasteiger partial charge in [0, 0.05) is 33.2 Å². The van der Waals surface area contributed by atoms with Crippen molar-refractivity contribution in [2.75, 3.05) is 17.5 Å². The second-order valence-corrected chi connectivity index (χ2v) is 13.4. The van der Waals surface area contributed by atoms with Crippen LogP contribution in [0.4, 0.5) is 5.69 Å². The quantitative estimate of drug-likeness (QED) is 0.232. The molecule has 0 aromatic heterocycles. The molecule has 0 radical (unpaired) electrons. The molecule has 43 heavy (non-hydrogen) atoms. The van der Waals surface area contributed by atoms with Crippen LogP contribution in [0, 0.1) is 0 Å². The van der Waals surface area contributed by atoms with Crippen molar-refractivity contribution in [3.63, 3.8) is 0 Å². The first kappa shape index (κ1) is 32.9. The predicted molar refractivity (Wildman–Crippen MR) is 170 cm³/mol. The van der Waals surface area contributed by atoms with Crippen LogP contribution in [0.5, 0.6) is 5.75 Å². The van der Waals surface area contributed by atoms with Gasteiger partial charge in [-0.25, -0.2) is 8.42 Å². The molecule has 2 amide bonds. The van der Waals surface area contributed by atoms with E-state index in [4.69, 9.17) is 39.5 Å². The number of hydrogen-bond acceptors (Lipinski definition) is 5. The van der Waals surface area contributed by atoms with E-state index in [1.807, 2.05) is 0 Å². The summed E-state index contributed by atoms with van der Waals surface area (Å²) in [6.07, 6.45) is 3.77. The van der Waals surface area contributed by atoms with E-state index in [0.29, 0.717) is 20.6 Å². The third-order valence-corrected chi connectivity index (χ3v) is 10.1. The van der Waals surface area contributed by atoms with Gasteiger partial charge in [-0.1, -0.05) is 65.8 Å². The zero-order valence-electron chi connectivity index (χ0n) is 23.9. The zero-order valence-corrected chi connectivity index (χ0v) is 27.0. The minimum absolute atomic E-state index is 0.0238. The molecule has 230 valence electrons.